The Morgan fingerprint density at radius 2 is 2.18 bits per heavy atom. The van der Waals surface area contributed by atoms with E-state index in [0.717, 1.165) is 12.3 Å². The van der Waals surface area contributed by atoms with Crippen LogP contribution in [0.2, 0.25) is 5.15 Å². The van der Waals surface area contributed by atoms with Gasteiger partial charge in [-0.15, -0.1) is 0 Å². The SMILES string of the molecule is O=C(O)c1cc(Cl)ncc1C(O)C(O)CCS. The summed E-state index contributed by atoms with van der Waals surface area (Å²) < 4.78 is 0. The van der Waals surface area contributed by atoms with Crippen LogP contribution in [-0.2, 0) is 0 Å². The lowest BCUT2D eigenvalue weighted by molar-refractivity contribution is 0.0160. The molecule has 2 unspecified atom stereocenters. The van der Waals surface area contributed by atoms with Crippen molar-refractivity contribution in [3.8, 4) is 0 Å². The molecule has 7 heteroatoms. The van der Waals surface area contributed by atoms with Gasteiger partial charge in [0.1, 0.15) is 11.3 Å². The number of aromatic carboxylic acids is 1. The highest BCUT2D eigenvalue weighted by atomic mass is 35.5. The molecule has 5 nitrogen and oxygen atoms in total. The van der Waals surface area contributed by atoms with Crippen LogP contribution in [0.3, 0.4) is 0 Å². The van der Waals surface area contributed by atoms with E-state index in [0.29, 0.717) is 5.75 Å². The van der Waals surface area contributed by atoms with E-state index in [4.69, 9.17) is 16.7 Å². The summed E-state index contributed by atoms with van der Waals surface area (Å²) in [4.78, 5) is 14.7. The number of carboxylic acid groups (broad SMARTS) is 1. The van der Waals surface area contributed by atoms with Gasteiger partial charge in [0.15, 0.2) is 0 Å². The Balaban J connectivity index is 3.08. The van der Waals surface area contributed by atoms with Crippen LogP contribution in [0, 0.1) is 0 Å². The van der Waals surface area contributed by atoms with Crippen LogP contribution in [0.5, 0.6) is 0 Å². The van der Waals surface area contributed by atoms with Gasteiger partial charge in [0.2, 0.25) is 0 Å². The molecule has 0 fully saturated rings. The summed E-state index contributed by atoms with van der Waals surface area (Å²) >= 11 is 9.50. The summed E-state index contributed by atoms with van der Waals surface area (Å²) in [6.45, 7) is 0. The van der Waals surface area contributed by atoms with E-state index < -0.39 is 18.2 Å². The highest BCUT2D eigenvalue weighted by molar-refractivity contribution is 7.80. The van der Waals surface area contributed by atoms with Gasteiger partial charge in [-0.3, -0.25) is 0 Å². The van der Waals surface area contributed by atoms with Crippen molar-refractivity contribution in [2.45, 2.75) is 18.6 Å². The number of aliphatic hydroxyl groups excluding tert-OH is 2. The fourth-order valence-corrected chi connectivity index (χ4v) is 1.78. The standard InChI is InChI=1S/C10H12ClNO4S/c11-8-3-5(10(15)16)6(4-12-8)9(14)7(13)1-2-17/h3-4,7,9,13-14,17H,1-2H2,(H,15,16). The lowest BCUT2D eigenvalue weighted by Gasteiger charge is -2.18. The largest absolute Gasteiger partial charge is 0.478 e. The number of thiol groups is 1. The maximum Gasteiger partial charge on any atom is 0.336 e. The number of hydrogen-bond donors (Lipinski definition) is 4. The van der Waals surface area contributed by atoms with Gasteiger partial charge in [-0.05, 0) is 18.2 Å². The molecule has 0 saturated carbocycles. The minimum Gasteiger partial charge on any atom is -0.478 e. The van der Waals surface area contributed by atoms with Crippen molar-refractivity contribution < 1.29 is 20.1 Å². The molecule has 1 aromatic heterocycles. The van der Waals surface area contributed by atoms with Crippen molar-refractivity contribution in [1.29, 1.82) is 0 Å². The van der Waals surface area contributed by atoms with Gasteiger partial charge in [-0.25, -0.2) is 9.78 Å². The van der Waals surface area contributed by atoms with Gasteiger partial charge in [-0.1, -0.05) is 11.6 Å². The highest BCUT2D eigenvalue weighted by Gasteiger charge is 2.23. The third kappa shape index (κ3) is 3.57. The number of halogens is 1. The molecule has 0 aromatic carbocycles. The predicted molar refractivity (Wildman–Crippen MR) is 65.6 cm³/mol. The van der Waals surface area contributed by atoms with Gasteiger partial charge in [0.05, 0.1) is 11.7 Å². The molecule has 0 saturated heterocycles. The molecule has 2 atom stereocenters. The Morgan fingerprint density at radius 1 is 1.53 bits per heavy atom. The molecular weight excluding hydrogens is 266 g/mol. The molecule has 1 rings (SSSR count). The third-order valence-corrected chi connectivity index (χ3v) is 2.70. The molecule has 0 spiro atoms. The van der Waals surface area contributed by atoms with Crippen LogP contribution in [0.4, 0.5) is 0 Å². The predicted octanol–water partition coefficient (Wildman–Crippen LogP) is 1.15. The van der Waals surface area contributed by atoms with E-state index in [1.807, 2.05) is 0 Å². The van der Waals surface area contributed by atoms with Crippen molar-refractivity contribution >= 4 is 30.2 Å². The second-order valence-electron chi connectivity index (χ2n) is 3.42. The van der Waals surface area contributed by atoms with Crippen LogP contribution >= 0.6 is 24.2 Å². The second-order valence-corrected chi connectivity index (χ2v) is 4.26. The molecule has 0 aliphatic carbocycles. The summed E-state index contributed by atoms with van der Waals surface area (Å²) in [5.74, 6) is -0.858. The van der Waals surface area contributed by atoms with E-state index in [2.05, 4.69) is 17.6 Å². The first-order valence-corrected chi connectivity index (χ1v) is 5.84. The van der Waals surface area contributed by atoms with E-state index in [1.54, 1.807) is 0 Å². The monoisotopic (exact) mass is 277 g/mol. The molecule has 0 bridgehead atoms. The van der Waals surface area contributed by atoms with Gasteiger partial charge in [0.25, 0.3) is 0 Å². The first kappa shape index (κ1) is 14.2. The van der Waals surface area contributed by atoms with Gasteiger partial charge in [-0.2, -0.15) is 12.6 Å². The quantitative estimate of drug-likeness (QED) is 0.479. The number of carbonyl (C=O) groups is 1. The molecule has 94 valence electrons. The molecular formula is C10H12ClNO4S. The Bertz CT molecular complexity index is 415. The zero-order chi connectivity index (χ0) is 13.0. The Hall–Kier alpha value is -0.820. The lowest BCUT2D eigenvalue weighted by atomic mass is 9.99. The zero-order valence-electron chi connectivity index (χ0n) is 8.75. The Labute approximate surface area is 108 Å². The molecule has 1 heterocycles. The van der Waals surface area contributed by atoms with Crippen LogP contribution in [0.1, 0.15) is 28.4 Å². The molecule has 0 aliphatic heterocycles. The number of hydrogen-bond acceptors (Lipinski definition) is 5. The van der Waals surface area contributed by atoms with Gasteiger partial charge < -0.3 is 15.3 Å². The van der Waals surface area contributed by atoms with E-state index in [1.165, 1.54) is 0 Å². The second kappa shape index (κ2) is 6.20. The molecule has 17 heavy (non-hydrogen) atoms. The van der Waals surface area contributed by atoms with Crippen molar-refractivity contribution in [3.05, 3.63) is 28.5 Å². The molecule has 1 aromatic rings. The number of aliphatic hydroxyl groups is 2. The number of aromatic nitrogens is 1. The topological polar surface area (TPSA) is 90.7 Å². The van der Waals surface area contributed by atoms with Crippen molar-refractivity contribution in [1.82, 2.24) is 4.98 Å². The van der Waals surface area contributed by atoms with Crippen LogP contribution in [0.15, 0.2) is 12.3 Å². The summed E-state index contributed by atoms with van der Waals surface area (Å²) in [7, 11) is 0. The van der Waals surface area contributed by atoms with Crippen molar-refractivity contribution in [2.75, 3.05) is 5.75 Å². The summed E-state index contributed by atoms with van der Waals surface area (Å²) in [6, 6.07) is 1.13. The average Bonchev–Trinajstić information content (AvgIpc) is 2.28. The number of carboxylic acids is 1. The van der Waals surface area contributed by atoms with Crippen LogP contribution < -0.4 is 0 Å². The first-order valence-electron chi connectivity index (χ1n) is 4.83. The average molecular weight is 278 g/mol. The number of rotatable bonds is 5. The fourth-order valence-electron chi connectivity index (χ4n) is 1.36. The minimum atomic E-state index is -1.32. The molecule has 0 radical (unpaired) electrons. The van der Waals surface area contributed by atoms with Crippen LogP contribution in [-0.4, -0.2) is 38.1 Å². The number of nitrogens with zero attached hydrogens (tertiary/aromatic N) is 1. The Kier molecular flexibility index (Phi) is 5.20. The molecule has 0 aliphatic rings. The first-order chi connectivity index (χ1) is 7.97. The molecule has 0 amide bonds. The maximum absolute atomic E-state index is 11.0. The van der Waals surface area contributed by atoms with E-state index >= 15 is 0 Å². The van der Waals surface area contributed by atoms with Crippen molar-refractivity contribution in [2.24, 2.45) is 0 Å². The van der Waals surface area contributed by atoms with Crippen LogP contribution in [0.25, 0.3) is 0 Å². The van der Waals surface area contributed by atoms with E-state index in [-0.39, 0.29) is 22.7 Å². The normalized spacial score (nSPS) is 14.4. The van der Waals surface area contributed by atoms with Gasteiger partial charge >= 0.3 is 5.97 Å². The third-order valence-electron chi connectivity index (χ3n) is 2.24. The van der Waals surface area contributed by atoms with E-state index in [9.17, 15) is 15.0 Å². The Morgan fingerprint density at radius 3 is 2.71 bits per heavy atom. The maximum atomic E-state index is 11.0. The van der Waals surface area contributed by atoms with Gasteiger partial charge in [0, 0.05) is 11.8 Å². The summed E-state index contributed by atoms with van der Waals surface area (Å²) in [5.41, 5.74) is -0.133. The summed E-state index contributed by atoms with van der Waals surface area (Å²) in [6.07, 6.45) is -1.02. The summed E-state index contributed by atoms with van der Waals surface area (Å²) in [5, 5.41) is 28.4. The fraction of sp³-hybridized carbons (Fsp3) is 0.400. The zero-order valence-corrected chi connectivity index (χ0v) is 10.4. The number of pyridine rings is 1. The van der Waals surface area contributed by atoms with Crippen molar-refractivity contribution in [3.63, 3.8) is 0 Å². The lowest BCUT2D eigenvalue weighted by Crippen LogP contribution is -2.21. The minimum absolute atomic E-state index is 0.0158. The molecule has 3 N–H and O–H groups in total. The highest BCUT2D eigenvalue weighted by Crippen LogP contribution is 2.24. The smallest absolute Gasteiger partial charge is 0.336 e.